The van der Waals surface area contributed by atoms with Gasteiger partial charge in [-0.25, -0.2) is 4.79 Å². The number of hydrogen-bond acceptors (Lipinski definition) is 7. The number of hydrogen-bond donors (Lipinski definition) is 1. The Morgan fingerprint density at radius 2 is 2.00 bits per heavy atom. The number of amides is 2. The first-order valence-corrected chi connectivity index (χ1v) is 6.28. The van der Waals surface area contributed by atoms with Crippen LogP contribution in [0.5, 0.6) is 0 Å². The van der Waals surface area contributed by atoms with Gasteiger partial charge in [-0.15, -0.1) is 5.06 Å². The van der Waals surface area contributed by atoms with E-state index in [1.807, 2.05) is 0 Å². The van der Waals surface area contributed by atoms with Crippen LogP contribution in [0, 0.1) is 0 Å². The van der Waals surface area contributed by atoms with Gasteiger partial charge in [0.1, 0.15) is 5.56 Å². The quantitative estimate of drug-likeness (QED) is 0.506. The maximum absolute atomic E-state index is 12.1. The number of carbonyl (C=O) groups is 3. The van der Waals surface area contributed by atoms with Gasteiger partial charge in [0.05, 0.1) is 5.69 Å². The molecule has 0 radical (unpaired) electrons. The molecular formula is C13H14N4O4. The summed E-state index contributed by atoms with van der Waals surface area (Å²) in [6.45, 7) is 3.57. The molecular weight excluding hydrogens is 276 g/mol. The first kappa shape index (κ1) is 14.6. The van der Waals surface area contributed by atoms with Crippen LogP contribution in [0.15, 0.2) is 23.6 Å². The lowest BCUT2D eigenvalue weighted by Crippen LogP contribution is -2.32. The minimum Gasteiger partial charge on any atom is -0.325 e. The van der Waals surface area contributed by atoms with Crippen LogP contribution in [-0.2, 0) is 14.4 Å². The van der Waals surface area contributed by atoms with E-state index in [1.54, 1.807) is 13.8 Å². The Morgan fingerprint density at radius 1 is 1.33 bits per heavy atom. The molecule has 1 aliphatic rings. The Morgan fingerprint density at radius 3 is 2.62 bits per heavy atom. The molecule has 1 aromatic rings. The number of hydrazone groups is 1. The highest BCUT2D eigenvalue weighted by Gasteiger charge is 2.33. The summed E-state index contributed by atoms with van der Waals surface area (Å²) in [4.78, 5) is 43.6. The first-order valence-electron chi connectivity index (χ1n) is 6.28. The normalized spacial score (nSPS) is 14.1. The third-order valence-corrected chi connectivity index (χ3v) is 2.62. The van der Waals surface area contributed by atoms with Gasteiger partial charge >= 0.3 is 5.97 Å². The van der Waals surface area contributed by atoms with E-state index in [0.717, 1.165) is 5.71 Å². The second kappa shape index (κ2) is 6.12. The van der Waals surface area contributed by atoms with Crippen LogP contribution in [0.2, 0.25) is 0 Å². The Bertz CT molecular complexity index is 606. The highest BCUT2D eigenvalue weighted by atomic mass is 16.7. The molecule has 0 spiro atoms. The number of aromatic nitrogens is 1. The summed E-state index contributed by atoms with van der Waals surface area (Å²) >= 11 is 0. The molecule has 0 atom stereocenters. The van der Waals surface area contributed by atoms with Gasteiger partial charge < -0.3 is 4.84 Å². The zero-order valence-corrected chi connectivity index (χ0v) is 11.6. The summed E-state index contributed by atoms with van der Waals surface area (Å²) in [7, 11) is 0. The molecule has 0 bridgehead atoms. The molecule has 2 amide bonds. The molecule has 2 rings (SSSR count). The van der Waals surface area contributed by atoms with Gasteiger partial charge in [-0.05, 0) is 19.9 Å². The lowest BCUT2D eigenvalue weighted by molar-refractivity contribution is -0.172. The average Bonchev–Trinajstić information content (AvgIpc) is 2.77. The van der Waals surface area contributed by atoms with E-state index in [0.29, 0.717) is 10.8 Å². The molecule has 1 saturated heterocycles. The maximum atomic E-state index is 12.1. The first-order chi connectivity index (χ1) is 9.99. The van der Waals surface area contributed by atoms with Gasteiger partial charge in [0.15, 0.2) is 0 Å². The second-order valence-corrected chi connectivity index (χ2v) is 4.55. The number of anilines is 1. The fraction of sp³-hybridized carbons (Fsp3) is 0.308. The number of nitrogens with one attached hydrogen (secondary N) is 1. The van der Waals surface area contributed by atoms with E-state index in [-0.39, 0.29) is 18.4 Å². The fourth-order valence-electron chi connectivity index (χ4n) is 1.62. The lowest BCUT2D eigenvalue weighted by Gasteiger charge is -2.13. The van der Waals surface area contributed by atoms with Crippen LogP contribution in [0.1, 0.15) is 37.0 Å². The molecule has 0 aliphatic carbocycles. The summed E-state index contributed by atoms with van der Waals surface area (Å²) in [5.74, 6) is -1.92. The number of carbonyl (C=O) groups excluding carboxylic acids is 3. The van der Waals surface area contributed by atoms with Crippen molar-refractivity contribution in [3.63, 3.8) is 0 Å². The Hall–Kier alpha value is -2.77. The number of hydroxylamine groups is 2. The van der Waals surface area contributed by atoms with Crippen LogP contribution < -0.4 is 5.43 Å². The molecule has 2 heterocycles. The smallest absolute Gasteiger partial charge is 0.325 e. The minimum atomic E-state index is -0.849. The zero-order chi connectivity index (χ0) is 15.4. The third kappa shape index (κ3) is 3.41. The summed E-state index contributed by atoms with van der Waals surface area (Å²) in [5, 5.41) is 4.48. The minimum absolute atomic E-state index is 0.0452. The molecule has 1 fully saturated rings. The van der Waals surface area contributed by atoms with Crippen LogP contribution in [0.4, 0.5) is 5.69 Å². The second-order valence-electron chi connectivity index (χ2n) is 4.55. The van der Waals surface area contributed by atoms with Crippen molar-refractivity contribution < 1.29 is 19.2 Å². The van der Waals surface area contributed by atoms with Gasteiger partial charge in [0, 0.05) is 30.9 Å². The molecule has 8 heteroatoms. The van der Waals surface area contributed by atoms with Crippen molar-refractivity contribution in [3.05, 3.63) is 24.0 Å². The largest absolute Gasteiger partial charge is 0.367 e. The Balaban J connectivity index is 2.17. The molecule has 1 N–H and O–H groups in total. The van der Waals surface area contributed by atoms with Crippen molar-refractivity contribution in [2.75, 3.05) is 5.43 Å². The highest BCUT2D eigenvalue weighted by Crippen LogP contribution is 2.18. The average molecular weight is 290 g/mol. The maximum Gasteiger partial charge on any atom is 0.367 e. The monoisotopic (exact) mass is 290 g/mol. The Kier molecular flexibility index (Phi) is 4.27. The van der Waals surface area contributed by atoms with Crippen LogP contribution in [0.25, 0.3) is 0 Å². The molecule has 110 valence electrons. The number of imide groups is 1. The summed E-state index contributed by atoms with van der Waals surface area (Å²) in [6, 6.07) is 1.54. The van der Waals surface area contributed by atoms with E-state index >= 15 is 0 Å². The molecule has 1 aromatic heterocycles. The van der Waals surface area contributed by atoms with Crippen LogP contribution in [0.3, 0.4) is 0 Å². The van der Waals surface area contributed by atoms with E-state index in [1.165, 1.54) is 18.5 Å². The van der Waals surface area contributed by atoms with E-state index in [4.69, 9.17) is 4.84 Å². The van der Waals surface area contributed by atoms with Crippen molar-refractivity contribution in [1.82, 2.24) is 10.0 Å². The predicted molar refractivity (Wildman–Crippen MR) is 73.1 cm³/mol. The highest BCUT2D eigenvalue weighted by molar-refractivity contribution is 6.03. The van der Waals surface area contributed by atoms with E-state index in [9.17, 15) is 14.4 Å². The SMILES string of the molecule is CC(C)=NNc1ccncc1C(=O)ON1C(=O)CCC1=O. The Labute approximate surface area is 120 Å². The van der Waals surface area contributed by atoms with Gasteiger partial charge in [0.25, 0.3) is 11.8 Å². The lowest BCUT2D eigenvalue weighted by atomic mass is 10.2. The summed E-state index contributed by atoms with van der Waals surface area (Å²) in [6.07, 6.45) is 2.84. The zero-order valence-electron chi connectivity index (χ0n) is 11.6. The van der Waals surface area contributed by atoms with Gasteiger partial charge in [-0.3, -0.25) is 20.0 Å². The van der Waals surface area contributed by atoms with E-state index in [2.05, 4.69) is 15.5 Å². The van der Waals surface area contributed by atoms with Gasteiger partial charge in [-0.2, -0.15) is 5.10 Å². The predicted octanol–water partition coefficient (Wildman–Crippen LogP) is 1.11. The van der Waals surface area contributed by atoms with Gasteiger partial charge in [-0.1, -0.05) is 0 Å². The van der Waals surface area contributed by atoms with Crippen molar-refractivity contribution in [3.8, 4) is 0 Å². The summed E-state index contributed by atoms with van der Waals surface area (Å²) < 4.78 is 0. The van der Waals surface area contributed by atoms with E-state index < -0.39 is 17.8 Å². The topological polar surface area (TPSA) is 101 Å². The number of pyridine rings is 1. The molecule has 0 aromatic carbocycles. The van der Waals surface area contributed by atoms with Crippen LogP contribution in [-0.4, -0.2) is 33.5 Å². The molecule has 21 heavy (non-hydrogen) atoms. The number of rotatable bonds is 4. The van der Waals surface area contributed by atoms with Crippen molar-refractivity contribution >= 4 is 29.2 Å². The summed E-state index contributed by atoms with van der Waals surface area (Å²) in [5.41, 5.74) is 3.91. The molecule has 1 aliphatic heterocycles. The van der Waals surface area contributed by atoms with Crippen LogP contribution >= 0.6 is 0 Å². The molecule has 0 unspecified atom stereocenters. The molecule has 8 nitrogen and oxygen atoms in total. The van der Waals surface area contributed by atoms with Crippen molar-refractivity contribution in [2.45, 2.75) is 26.7 Å². The molecule has 0 saturated carbocycles. The fourth-order valence-corrected chi connectivity index (χ4v) is 1.62. The standard InChI is InChI=1S/C13H14N4O4/c1-8(2)15-16-10-5-6-14-7-9(10)13(20)21-17-11(18)3-4-12(17)19/h5-7H,3-4H2,1-2H3,(H,14,16). The van der Waals surface area contributed by atoms with Crippen molar-refractivity contribution in [1.29, 1.82) is 0 Å². The van der Waals surface area contributed by atoms with Crippen molar-refractivity contribution in [2.24, 2.45) is 5.10 Å². The third-order valence-electron chi connectivity index (χ3n) is 2.62. The van der Waals surface area contributed by atoms with Gasteiger partial charge in [0.2, 0.25) is 0 Å². The number of nitrogens with zero attached hydrogens (tertiary/aromatic N) is 3.